The monoisotopic (exact) mass is 339 g/mol. The molecule has 124 valence electrons. The molecular weight excluding hydrogens is 322 g/mol. The lowest BCUT2D eigenvalue weighted by molar-refractivity contribution is -0.118. The quantitative estimate of drug-likeness (QED) is 0.842. The van der Waals surface area contributed by atoms with Gasteiger partial charge in [0.2, 0.25) is 10.0 Å². The van der Waals surface area contributed by atoms with Crippen molar-refractivity contribution < 1.29 is 17.6 Å². The van der Waals surface area contributed by atoms with Crippen molar-refractivity contribution in [3.63, 3.8) is 0 Å². The number of carbonyl (C=O) groups is 1. The van der Waals surface area contributed by atoms with E-state index < -0.39 is 15.8 Å². The maximum atomic E-state index is 12.7. The highest BCUT2D eigenvalue weighted by molar-refractivity contribution is 7.89. The molecule has 0 saturated carbocycles. The molecule has 3 rings (SSSR count). The van der Waals surface area contributed by atoms with E-state index in [-0.39, 0.29) is 16.3 Å². The Morgan fingerprint density at radius 3 is 2.61 bits per heavy atom. The molecule has 1 fully saturated rings. The molecule has 8 nitrogen and oxygen atoms in total. The van der Waals surface area contributed by atoms with Crippen LogP contribution in [0.3, 0.4) is 0 Å². The topological polar surface area (TPSA) is 104 Å². The summed E-state index contributed by atoms with van der Waals surface area (Å²) in [6.45, 7) is 3.54. The third-order valence-corrected chi connectivity index (χ3v) is 5.70. The molecule has 2 aromatic rings. The van der Waals surface area contributed by atoms with Crippen LogP contribution in [-0.2, 0) is 14.8 Å². The Labute approximate surface area is 132 Å². The van der Waals surface area contributed by atoms with Crippen molar-refractivity contribution in [3.8, 4) is 0 Å². The summed E-state index contributed by atoms with van der Waals surface area (Å²) in [4.78, 5) is 26.8. The van der Waals surface area contributed by atoms with Gasteiger partial charge in [0.25, 0.3) is 0 Å². The van der Waals surface area contributed by atoms with Crippen molar-refractivity contribution in [3.05, 3.63) is 28.7 Å². The van der Waals surface area contributed by atoms with Crippen molar-refractivity contribution >= 4 is 26.9 Å². The van der Waals surface area contributed by atoms with Gasteiger partial charge < -0.3 is 4.42 Å². The van der Waals surface area contributed by atoms with Crippen LogP contribution >= 0.6 is 0 Å². The number of aromatic nitrogens is 1. The average molecular weight is 339 g/mol. The van der Waals surface area contributed by atoms with Crippen LogP contribution in [0.1, 0.15) is 6.92 Å². The largest absolute Gasteiger partial charge is 0.417 e. The fraction of sp³-hybridized carbons (Fsp3) is 0.429. The number of Topliss-reactive ketones (excluding diaryl/α,β-unsaturated/α-hetero) is 1. The van der Waals surface area contributed by atoms with E-state index in [0.29, 0.717) is 38.2 Å². The lowest BCUT2D eigenvalue weighted by Crippen LogP contribution is -2.49. The number of carbonyl (C=O) groups excluding carboxylic acids is 1. The predicted molar refractivity (Wildman–Crippen MR) is 82.7 cm³/mol. The van der Waals surface area contributed by atoms with Crippen LogP contribution < -0.4 is 5.76 Å². The number of H-pyrrole nitrogens is 1. The number of sulfonamides is 1. The number of hydrogen-bond acceptors (Lipinski definition) is 6. The number of benzene rings is 1. The molecule has 1 aliphatic rings. The highest BCUT2D eigenvalue weighted by atomic mass is 32.2. The molecule has 0 bridgehead atoms. The summed E-state index contributed by atoms with van der Waals surface area (Å²) in [6.07, 6.45) is 0. The Hall–Kier alpha value is -1.97. The number of aromatic amines is 1. The minimum absolute atomic E-state index is 0.0641. The van der Waals surface area contributed by atoms with E-state index in [9.17, 15) is 18.0 Å². The van der Waals surface area contributed by atoms with E-state index in [1.165, 1.54) is 29.4 Å². The van der Waals surface area contributed by atoms with Crippen molar-refractivity contribution in [2.75, 3.05) is 32.7 Å². The molecule has 1 aliphatic heterocycles. The predicted octanol–water partition coefficient (Wildman–Crippen LogP) is 0.0164. The third kappa shape index (κ3) is 3.21. The fourth-order valence-electron chi connectivity index (χ4n) is 2.68. The molecular formula is C14H17N3O5S. The third-order valence-electron chi connectivity index (χ3n) is 3.81. The second-order valence-corrected chi connectivity index (χ2v) is 7.49. The Bertz CT molecular complexity index is 891. The Morgan fingerprint density at radius 2 is 1.96 bits per heavy atom. The zero-order valence-electron chi connectivity index (χ0n) is 12.6. The normalized spacial score (nSPS) is 17.6. The van der Waals surface area contributed by atoms with Crippen LogP contribution in [0.4, 0.5) is 0 Å². The molecule has 0 radical (unpaired) electrons. The fourth-order valence-corrected chi connectivity index (χ4v) is 4.12. The average Bonchev–Trinajstić information content (AvgIpc) is 2.86. The molecule has 0 atom stereocenters. The molecule has 0 amide bonds. The van der Waals surface area contributed by atoms with Crippen LogP contribution in [0.5, 0.6) is 0 Å². The Balaban J connectivity index is 1.80. The van der Waals surface area contributed by atoms with Gasteiger partial charge in [-0.15, -0.1) is 0 Å². The standard InChI is InChI=1S/C14H17N3O5S/c1-10(18)9-16-4-6-17(7-5-16)23(20,21)11-2-3-12-13(8-11)22-14(19)15-12/h2-3,8H,4-7,9H2,1H3,(H,15,19). The van der Waals surface area contributed by atoms with Crippen LogP contribution in [-0.4, -0.2) is 61.1 Å². The second-order valence-electron chi connectivity index (χ2n) is 5.55. The van der Waals surface area contributed by atoms with Crippen molar-refractivity contribution in [2.24, 2.45) is 0 Å². The van der Waals surface area contributed by atoms with Crippen LogP contribution in [0.15, 0.2) is 32.3 Å². The molecule has 1 aromatic carbocycles. The van der Waals surface area contributed by atoms with Crippen molar-refractivity contribution in [1.29, 1.82) is 0 Å². The van der Waals surface area contributed by atoms with E-state index in [4.69, 9.17) is 4.42 Å². The maximum absolute atomic E-state index is 12.7. The summed E-state index contributed by atoms with van der Waals surface area (Å²) in [7, 11) is -3.65. The summed E-state index contributed by atoms with van der Waals surface area (Å²) >= 11 is 0. The number of nitrogens with zero attached hydrogens (tertiary/aromatic N) is 2. The molecule has 0 aliphatic carbocycles. The first-order valence-electron chi connectivity index (χ1n) is 7.21. The van der Waals surface area contributed by atoms with E-state index in [2.05, 4.69) is 4.98 Å². The van der Waals surface area contributed by atoms with Gasteiger partial charge in [0, 0.05) is 32.2 Å². The summed E-state index contributed by atoms with van der Waals surface area (Å²) in [5, 5.41) is 0. The molecule has 0 unspecified atom stereocenters. The van der Waals surface area contributed by atoms with Gasteiger partial charge in [-0.3, -0.25) is 14.7 Å². The number of hydrogen-bond donors (Lipinski definition) is 1. The lowest BCUT2D eigenvalue weighted by Gasteiger charge is -2.33. The van der Waals surface area contributed by atoms with Gasteiger partial charge in [-0.2, -0.15) is 4.31 Å². The molecule has 23 heavy (non-hydrogen) atoms. The maximum Gasteiger partial charge on any atom is 0.417 e. The summed E-state index contributed by atoms with van der Waals surface area (Å²) < 4.78 is 31.7. The molecule has 9 heteroatoms. The van der Waals surface area contributed by atoms with Gasteiger partial charge in [-0.25, -0.2) is 13.2 Å². The van der Waals surface area contributed by atoms with Gasteiger partial charge in [0.15, 0.2) is 5.58 Å². The molecule has 1 N–H and O–H groups in total. The molecule has 1 aromatic heterocycles. The first-order valence-corrected chi connectivity index (χ1v) is 8.65. The van der Waals surface area contributed by atoms with Gasteiger partial charge in [0.1, 0.15) is 5.78 Å². The number of fused-ring (bicyclic) bond motifs is 1. The SMILES string of the molecule is CC(=O)CN1CCN(S(=O)(=O)c2ccc3[nH]c(=O)oc3c2)CC1. The Morgan fingerprint density at radius 1 is 1.26 bits per heavy atom. The minimum Gasteiger partial charge on any atom is -0.408 e. The highest BCUT2D eigenvalue weighted by Gasteiger charge is 2.29. The molecule has 2 heterocycles. The molecule has 1 saturated heterocycles. The summed E-state index contributed by atoms with van der Waals surface area (Å²) in [5.41, 5.74) is 0.673. The summed E-state index contributed by atoms with van der Waals surface area (Å²) in [6, 6.07) is 4.31. The van der Waals surface area contributed by atoms with Gasteiger partial charge in [0.05, 0.1) is 17.0 Å². The van der Waals surface area contributed by atoms with E-state index in [1.54, 1.807) is 0 Å². The first-order chi connectivity index (χ1) is 10.9. The van der Waals surface area contributed by atoms with E-state index >= 15 is 0 Å². The zero-order valence-corrected chi connectivity index (χ0v) is 13.4. The number of rotatable bonds is 4. The van der Waals surface area contributed by atoms with Crippen molar-refractivity contribution in [2.45, 2.75) is 11.8 Å². The number of oxazole rings is 1. The van der Waals surface area contributed by atoms with Gasteiger partial charge in [-0.1, -0.05) is 0 Å². The van der Waals surface area contributed by atoms with Crippen LogP contribution in [0, 0.1) is 0 Å². The van der Waals surface area contributed by atoms with Crippen molar-refractivity contribution in [1.82, 2.24) is 14.2 Å². The number of ketones is 1. The van der Waals surface area contributed by atoms with E-state index in [1.807, 2.05) is 4.90 Å². The minimum atomic E-state index is -3.65. The lowest BCUT2D eigenvalue weighted by atomic mass is 10.3. The number of nitrogens with one attached hydrogen (secondary N) is 1. The summed E-state index contributed by atoms with van der Waals surface area (Å²) in [5.74, 6) is -0.554. The van der Waals surface area contributed by atoms with Gasteiger partial charge in [-0.05, 0) is 19.1 Å². The first kappa shape index (κ1) is 15.9. The molecule has 0 spiro atoms. The zero-order chi connectivity index (χ0) is 16.6. The second kappa shape index (κ2) is 5.91. The van der Waals surface area contributed by atoms with Gasteiger partial charge >= 0.3 is 5.76 Å². The van der Waals surface area contributed by atoms with Crippen LogP contribution in [0.25, 0.3) is 11.1 Å². The van der Waals surface area contributed by atoms with Crippen LogP contribution in [0.2, 0.25) is 0 Å². The number of piperazine rings is 1. The van der Waals surface area contributed by atoms with E-state index in [0.717, 1.165) is 0 Å². The smallest absolute Gasteiger partial charge is 0.408 e. The highest BCUT2D eigenvalue weighted by Crippen LogP contribution is 2.21. The Kier molecular flexibility index (Phi) is 4.09.